The number of hydrogen-bond donors (Lipinski definition) is 1. The van der Waals surface area contributed by atoms with Crippen molar-refractivity contribution in [1.29, 1.82) is 0 Å². The van der Waals surface area contributed by atoms with Crippen LogP contribution in [0.15, 0.2) is 29.6 Å². The van der Waals surface area contributed by atoms with E-state index in [1.165, 1.54) is 18.3 Å². The molecule has 0 bridgehead atoms. The standard InChI is InChI=1S/C16H15N3O2S.C2H6/c1-9-6-14(15-8-22-16(19-15)17-10(2)20)18-13-7-11(21-3)4-5-12(9)13;1-2/h4-8H,1-3H3,(H,17,19,20);1-2H3. The Bertz CT molecular complexity index is 859. The third-order valence-electron chi connectivity index (χ3n) is 3.27. The largest absolute Gasteiger partial charge is 0.497 e. The fraction of sp³-hybridized carbons (Fsp3) is 0.278. The number of nitrogens with zero attached hydrogens (tertiary/aromatic N) is 2. The summed E-state index contributed by atoms with van der Waals surface area (Å²) in [6, 6.07) is 7.84. The zero-order valence-corrected chi connectivity index (χ0v) is 15.3. The fourth-order valence-corrected chi connectivity index (χ4v) is 2.99. The van der Waals surface area contributed by atoms with Crippen LogP contribution in [0.2, 0.25) is 0 Å². The summed E-state index contributed by atoms with van der Waals surface area (Å²) in [6.45, 7) is 7.51. The maximum Gasteiger partial charge on any atom is 0.223 e. The van der Waals surface area contributed by atoms with Crippen molar-refractivity contribution in [2.45, 2.75) is 27.7 Å². The second-order valence-corrected chi connectivity index (χ2v) is 5.78. The van der Waals surface area contributed by atoms with Gasteiger partial charge in [-0.15, -0.1) is 11.3 Å². The first kappa shape index (κ1) is 17.9. The summed E-state index contributed by atoms with van der Waals surface area (Å²) < 4.78 is 5.25. The lowest BCUT2D eigenvalue weighted by Crippen LogP contribution is -2.05. The van der Waals surface area contributed by atoms with Crippen LogP contribution in [0.5, 0.6) is 5.75 Å². The Labute approximate surface area is 145 Å². The minimum Gasteiger partial charge on any atom is -0.497 e. The van der Waals surface area contributed by atoms with Crippen molar-refractivity contribution in [3.05, 3.63) is 35.2 Å². The van der Waals surface area contributed by atoms with Gasteiger partial charge < -0.3 is 10.1 Å². The summed E-state index contributed by atoms with van der Waals surface area (Å²) in [5.41, 5.74) is 3.52. The number of anilines is 1. The number of thiazole rings is 1. The maximum atomic E-state index is 11.1. The monoisotopic (exact) mass is 343 g/mol. The van der Waals surface area contributed by atoms with Gasteiger partial charge in [-0.2, -0.15) is 0 Å². The summed E-state index contributed by atoms with van der Waals surface area (Å²) in [5.74, 6) is 0.641. The maximum absolute atomic E-state index is 11.1. The molecule has 2 aromatic heterocycles. The van der Waals surface area contributed by atoms with Gasteiger partial charge in [0, 0.05) is 23.8 Å². The number of methoxy groups -OCH3 is 1. The first-order valence-electron chi connectivity index (χ1n) is 7.75. The normalized spacial score (nSPS) is 10.0. The molecule has 0 aliphatic carbocycles. The van der Waals surface area contributed by atoms with Crippen molar-refractivity contribution in [1.82, 2.24) is 9.97 Å². The Hall–Kier alpha value is -2.47. The van der Waals surface area contributed by atoms with Crippen LogP contribution >= 0.6 is 11.3 Å². The molecule has 0 spiro atoms. The molecule has 2 heterocycles. The van der Waals surface area contributed by atoms with Crippen molar-refractivity contribution in [3.63, 3.8) is 0 Å². The Morgan fingerprint density at radius 2 is 1.92 bits per heavy atom. The van der Waals surface area contributed by atoms with Crippen molar-refractivity contribution < 1.29 is 9.53 Å². The number of carbonyl (C=O) groups excluding carboxylic acids is 1. The predicted octanol–water partition coefficient (Wildman–Crippen LogP) is 4.66. The minimum absolute atomic E-state index is 0.131. The van der Waals surface area contributed by atoms with Crippen LogP contribution in [-0.4, -0.2) is 23.0 Å². The van der Waals surface area contributed by atoms with Gasteiger partial charge in [-0.25, -0.2) is 9.97 Å². The molecule has 1 aromatic carbocycles. The number of nitrogens with one attached hydrogen (secondary N) is 1. The lowest BCUT2D eigenvalue weighted by atomic mass is 10.1. The smallest absolute Gasteiger partial charge is 0.223 e. The molecule has 0 fully saturated rings. The highest BCUT2D eigenvalue weighted by Crippen LogP contribution is 2.28. The van der Waals surface area contributed by atoms with E-state index in [-0.39, 0.29) is 5.91 Å². The molecule has 126 valence electrons. The SMILES string of the molecule is CC.COc1ccc2c(C)cc(-c3csc(NC(C)=O)n3)nc2c1. The van der Waals surface area contributed by atoms with E-state index in [4.69, 9.17) is 4.74 Å². The van der Waals surface area contributed by atoms with Gasteiger partial charge in [-0.05, 0) is 30.7 Å². The number of rotatable bonds is 3. The van der Waals surface area contributed by atoms with Gasteiger partial charge in [0.1, 0.15) is 11.4 Å². The number of ether oxygens (including phenoxy) is 1. The van der Waals surface area contributed by atoms with Gasteiger partial charge in [-0.1, -0.05) is 13.8 Å². The van der Waals surface area contributed by atoms with Gasteiger partial charge in [0.2, 0.25) is 5.91 Å². The average molecular weight is 343 g/mol. The number of benzene rings is 1. The van der Waals surface area contributed by atoms with Crippen molar-refractivity contribution in [3.8, 4) is 17.1 Å². The molecule has 0 saturated heterocycles. The zero-order chi connectivity index (χ0) is 17.7. The molecule has 0 aliphatic heterocycles. The number of amides is 1. The average Bonchev–Trinajstić information content (AvgIpc) is 3.03. The molecule has 0 aliphatic rings. The zero-order valence-electron chi connectivity index (χ0n) is 14.5. The predicted molar refractivity (Wildman–Crippen MR) is 99.8 cm³/mol. The molecule has 1 N–H and O–H groups in total. The van der Waals surface area contributed by atoms with E-state index >= 15 is 0 Å². The summed E-state index contributed by atoms with van der Waals surface area (Å²) in [7, 11) is 1.64. The number of carbonyl (C=O) groups is 1. The fourth-order valence-electron chi connectivity index (χ4n) is 2.24. The van der Waals surface area contributed by atoms with Gasteiger partial charge in [0.15, 0.2) is 5.13 Å². The Morgan fingerprint density at radius 3 is 2.58 bits per heavy atom. The Morgan fingerprint density at radius 1 is 1.17 bits per heavy atom. The van der Waals surface area contributed by atoms with E-state index in [1.54, 1.807) is 7.11 Å². The Kier molecular flexibility index (Phi) is 5.87. The third-order valence-corrected chi connectivity index (χ3v) is 4.03. The molecule has 3 aromatic rings. The molecule has 0 saturated carbocycles. The summed E-state index contributed by atoms with van der Waals surface area (Å²) in [5, 5.41) is 6.24. The van der Waals surface area contributed by atoms with Crippen LogP contribution in [0, 0.1) is 6.92 Å². The molecule has 3 rings (SSSR count). The molecule has 5 nitrogen and oxygen atoms in total. The van der Waals surface area contributed by atoms with E-state index in [0.29, 0.717) is 5.13 Å². The van der Waals surface area contributed by atoms with Gasteiger partial charge in [0.05, 0.1) is 18.3 Å². The van der Waals surface area contributed by atoms with Gasteiger partial charge in [-0.3, -0.25) is 4.79 Å². The molecular weight excluding hydrogens is 322 g/mol. The number of aromatic nitrogens is 2. The molecule has 1 amide bonds. The van der Waals surface area contributed by atoms with E-state index in [9.17, 15) is 4.79 Å². The Balaban J connectivity index is 0.00000100. The summed E-state index contributed by atoms with van der Waals surface area (Å²) in [6.07, 6.45) is 0. The van der Waals surface area contributed by atoms with E-state index in [1.807, 2.05) is 50.4 Å². The first-order valence-corrected chi connectivity index (χ1v) is 8.63. The third kappa shape index (κ3) is 3.89. The van der Waals surface area contributed by atoms with Gasteiger partial charge in [0.25, 0.3) is 0 Å². The topological polar surface area (TPSA) is 64.1 Å². The quantitative estimate of drug-likeness (QED) is 0.751. The minimum atomic E-state index is -0.131. The number of aryl methyl sites for hydroxylation is 1. The number of pyridine rings is 1. The van der Waals surface area contributed by atoms with Crippen LogP contribution in [-0.2, 0) is 4.79 Å². The molecular formula is C18H21N3O2S. The summed E-state index contributed by atoms with van der Waals surface area (Å²) >= 11 is 1.38. The molecule has 6 heteroatoms. The molecule has 0 unspecified atom stereocenters. The van der Waals surface area contributed by atoms with Crippen molar-refractivity contribution in [2.75, 3.05) is 12.4 Å². The van der Waals surface area contributed by atoms with E-state index in [0.717, 1.165) is 33.6 Å². The van der Waals surface area contributed by atoms with Crippen LogP contribution in [0.4, 0.5) is 5.13 Å². The molecule has 0 radical (unpaired) electrons. The lowest BCUT2D eigenvalue weighted by molar-refractivity contribution is -0.114. The first-order chi connectivity index (χ1) is 11.6. The van der Waals surface area contributed by atoms with E-state index in [2.05, 4.69) is 15.3 Å². The van der Waals surface area contributed by atoms with Crippen LogP contribution in [0.1, 0.15) is 26.3 Å². The molecule has 0 atom stereocenters. The number of hydrogen-bond acceptors (Lipinski definition) is 5. The number of fused-ring (bicyclic) bond motifs is 1. The van der Waals surface area contributed by atoms with Crippen molar-refractivity contribution >= 4 is 33.3 Å². The highest BCUT2D eigenvalue weighted by atomic mass is 32.1. The highest BCUT2D eigenvalue weighted by Gasteiger charge is 2.10. The van der Waals surface area contributed by atoms with Crippen LogP contribution in [0.3, 0.4) is 0 Å². The highest BCUT2D eigenvalue weighted by molar-refractivity contribution is 7.14. The van der Waals surface area contributed by atoms with E-state index < -0.39 is 0 Å². The summed E-state index contributed by atoms with van der Waals surface area (Å²) in [4.78, 5) is 20.1. The van der Waals surface area contributed by atoms with Crippen LogP contribution in [0.25, 0.3) is 22.3 Å². The van der Waals surface area contributed by atoms with Gasteiger partial charge >= 0.3 is 0 Å². The van der Waals surface area contributed by atoms with Crippen molar-refractivity contribution in [2.24, 2.45) is 0 Å². The molecule has 24 heavy (non-hydrogen) atoms. The van der Waals surface area contributed by atoms with Crippen LogP contribution < -0.4 is 10.1 Å². The second-order valence-electron chi connectivity index (χ2n) is 4.93. The second kappa shape index (κ2) is 7.88. The lowest BCUT2D eigenvalue weighted by Gasteiger charge is -2.07.